The average molecular weight is 349 g/mol. The van der Waals surface area contributed by atoms with E-state index >= 15 is 0 Å². The Labute approximate surface area is 161 Å². The maximum atomic E-state index is 2.37. The van der Waals surface area contributed by atoms with Crippen molar-refractivity contribution in [1.29, 1.82) is 0 Å². The molecule has 0 atom stereocenters. The molecule has 1 fully saturated rings. The lowest BCUT2D eigenvalue weighted by atomic mass is 9.68. The van der Waals surface area contributed by atoms with Gasteiger partial charge in [-0.2, -0.15) is 0 Å². The van der Waals surface area contributed by atoms with E-state index in [1.165, 1.54) is 94.6 Å². The van der Waals surface area contributed by atoms with Crippen LogP contribution in [-0.4, -0.2) is 0 Å². The van der Waals surface area contributed by atoms with Crippen LogP contribution in [0, 0.1) is 0 Å². The van der Waals surface area contributed by atoms with Gasteiger partial charge in [0.2, 0.25) is 0 Å². The zero-order valence-corrected chi connectivity index (χ0v) is 16.5. The molecule has 1 saturated carbocycles. The quantitative estimate of drug-likeness (QED) is 0.515. The first-order valence-electron chi connectivity index (χ1n) is 11.0. The summed E-state index contributed by atoms with van der Waals surface area (Å²) in [6.45, 7) is 0. The number of hydrogen-bond acceptors (Lipinski definition) is 0. The van der Waals surface area contributed by atoms with Gasteiger partial charge in [-0.3, -0.25) is 0 Å². The van der Waals surface area contributed by atoms with E-state index in [2.05, 4.69) is 60.7 Å². The third kappa shape index (κ3) is 5.22. The zero-order chi connectivity index (χ0) is 17.9. The highest BCUT2D eigenvalue weighted by molar-refractivity contribution is 5.39. The second-order valence-corrected chi connectivity index (χ2v) is 8.20. The smallest absolute Gasteiger partial charge is 0.0202 e. The minimum Gasteiger partial charge on any atom is -0.0622 e. The third-order valence-electron chi connectivity index (χ3n) is 6.36. The van der Waals surface area contributed by atoms with Crippen molar-refractivity contribution < 1.29 is 0 Å². The fraction of sp³-hybridized carbons (Fsp3) is 0.538. The highest BCUT2D eigenvalue weighted by Gasteiger charge is 2.32. The molecular weight excluding hydrogens is 312 g/mol. The van der Waals surface area contributed by atoms with Gasteiger partial charge in [0, 0.05) is 5.41 Å². The molecule has 0 aliphatic heterocycles. The standard InChI is InChI=1S/C26H36/c1-2-4-6-8-16-22-26(23-17-9-7-5-3-1,24-18-12-10-13-19-24)25-20-14-11-15-21-25/h10-15,18-21H,1-9,16-17,22-23H2. The van der Waals surface area contributed by atoms with E-state index in [1.807, 2.05) is 0 Å². The lowest BCUT2D eigenvalue weighted by Gasteiger charge is -2.36. The topological polar surface area (TPSA) is 0 Å². The second kappa shape index (κ2) is 10.6. The molecule has 2 aromatic carbocycles. The van der Waals surface area contributed by atoms with Crippen molar-refractivity contribution in [2.24, 2.45) is 0 Å². The average Bonchev–Trinajstić information content (AvgIpc) is 2.71. The largest absolute Gasteiger partial charge is 0.0622 e. The van der Waals surface area contributed by atoms with Crippen LogP contribution in [0.25, 0.3) is 0 Å². The van der Waals surface area contributed by atoms with Crippen LogP contribution in [0.2, 0.25) is 0 Å². The van der Waals surface area contributed by atoms with Gasteiger partial charge in [-0.15, -0.1) is 0 Å². The SMILES string of the molecule is c1ccc(C2(c3ccccc3)CCCCCCCCCCCCC2)cc1. The highest BCUT2D eigenvalue weighted by Crippen LogP contribution is 2.42. The molecule has 1 aliphatic rings. The van der Waals surface area contributed by atoms with E-state index in [9.17, 15) is 0 Å². The fourth-order valence-electron chi connectivity index (χ4n) is 4.83. The fourth-order valence-corrected chi connectivity index (χ4v) is 4.83. The first kappa shape index (κ1) is 19.2. The molecule has 0 heterocycles. The van der Waals surface area contributed by atoms with Crippen LogP contribution in [0.3, 0.4) is 0 Å². The molecule has 26 heavy (non-hydrogen) atoms. The Hall–Kier alpha value is -1.56. The predicted molar refractivity (Wildman–Crippen MR) is 114 cm³/mol. The summed E-state index contributed by atoms with van der Waals surface area (Å²) >= 11 is 0. The molecular formula is C26H36. The first-order chi connectivity index (χ1) is 12.9. The molecule has 0 saturated heterocycles. The second-order valence-electron chi connectivity index (χ2n) is 8.20. The molecule has 0 N–H and O–H groups in total. The van der Waals surface area contributed by atoms with Crippen LogP contribution in [0.5, 0.6) is 0 Å². The summed E-state index contributed by atoms with van der Waals surface area (Å²) in [4.78, 5) is 0. The van der Waals surface area contributed by atoms with Gasteiger partial charge in [-0.05, 0) is 24.0 Å². The monoisotopic (exact) mass is 348 g/mol. The van der Waals surface area contributed by atoms with Gasteiger partial charge in [0.05, 0.1) is 0 Å². The molecule has 0 bridgehead atoms. The van der Waals surface area contributed by atoms with E-state index in [4.69, 9.17) is 0 Å². The van der Waals surface area contributed by atoms with E-state index in [-0.39, 0.29) is 5.41 Å². The Morgan fingerprint density at radius 2 is 0.692 bits per heavy atom. The van der Waals surface area contributed by atoms with Gasteiger partial charge in [0.15, 0.2) is 0 Å². The van der Waals surface area contributed by atoms with Crippen molar-refractivity contribution in [3.8, 4) is 0 Å². The number of hydrogen-bond donors (Lipinski definition) is 0. The number of rotatable bonds is 2. The summed E-state index contributed by atoms with van der Waals surface area (Å²) in [5.41, 5.74) is 3.25. The van der Waals surface area contributed by atoms with Crippen LogP contribution in [0.15, 0.2) is 60.7 Å². The van der Waals surface area contributed by atoms with Crippen LogP contribution < -0.4 is 0 Å². The van der Waals surface area contributed by atoms with Crippen molar-refractivity contribution in [3.05, 3.63) is 71.8 Å². The van der Waals surface area contributed by atoms with Gasteiger partial charge in [0.25, 0.3) is 0 Å². The molecule has 3 rings (SSSR count). The lowest BCUT2D eigenvalue weighted by molar-refractivity contribution is 0.386. The Kier molecular flexibility index (Phi) is 7.80. The number of benzene rings is 2. The summed E-state index contributed by atoms with van der Waals surface area (Å²) in [5, 5.41) is 0. The molecule has 0 unspecified atom stereocenters. The summed E-state index contributed by atoms with van der Waals surface area (Å²) in [6.07, 6.45) is 18.1. The van der Waals surface area contributed by atoms with Crippen molar-refractivity contribution in [2.75, 3.05) is 0 Å². The molecule has 0 amide bonds. The summed E-state index contributed by atoms with van der Waals surface area (Å²) in [6, 6.07) is 22.7. The van der Waals surface area contributed by atoms with Crippen molar-refractivity contribution in [3.63, 3.8) is 0 Å². The molecule has 2 aromatic rings. The van der Waals surface area contributed by atoms with Gasteiger partial charge in [-0.1, -0.05) is 131 Å². The third-order valence-corrected chi connectivity index (χ3v) is 6.36. The normalized spacial score (nSPS) is 20.2. The molecule has 0 heteroatoms. The van der Waals surface area contributed by atoms with Crippen LogP contribution in [0.1, 0.15) is 94.6 Å². The van der Waals surface area contributed by atoms with E-state index < -0.39 is 0 Å². The minimum absolute atomic E-state index is 0.201. The highest BCUT2D eigenvalue weighted by atomic mass is 14.4. The van der Waals surface area contributed by atoms with Gasteiger partial charge < -0.3 is 0 Å². The molecule has 0 spiro atoms. The van der Waals surface area contributed by atoms with E-state index in [1.54, 1.807) is 0 Å². The Balaban J connectivity index is 1.86. The maximum absolute atomic E-state index is 2.37. The Bertz CT molecular complexity index is 543. The van der Waals surface area contributed by atoms with Gasteiger partial charge >= 0.3 is 0 Å². The Morgan fingerprint density at radius 1 is 0.385 bits per heavy atom. The predicted octanol–water partition coefficient (Wildman–Crippen LogP) is 8.06. The van der Waals surface area contributed by atoms with Crippen molar-refractivity contribution >= 4 is 0 Å². The minimum atomic E-state index is 0.201. The first-order valence-corrected chi connectivity index (χ1v) is 11.0. The van der Waals surface area contributed by atoms with E-state index in [0.29, 0.717) is 0 Å². The van der Waals surface area contributed by atoms with E-state index in [0.717, 1.165) is 0 Å². The molecule has 140 valence electrons. The lowest BCUT2D eigenvalue weighted by Crippen LogP contribution is -2.28. The van der Waals surface area contributed by atoms with Crippen LogP contribution >= 0.6 is 0 Å². The molecule has 1 aliphatic carbocycles. The zero-order valence-electron chi connectivity index (χ0n) is 16.5. The summed E-state index contributed by atoms with van der Waals surface area (Å²) < 4.78 is 0. The molecule has 0 nitrogen and oxygen atoms in total. The molecule has 0 aromatic heterocycles. The Morgan fingerprint density at radius 3 is 1.04 bits per heavy atom. The summed E-state index contributed by atoms with van der Waals surface area (Å²) in [7, 11) is 0. The summed E-state index contributed by atoms with van der Waals surface area (Å²) in [5.74, 6) is 0. The van der Waals surface area contributed by atoms with Crippen molar-refractivity contribution in [1.82, 2.24) is 0 Å². The van der Waals surface area contributed by atoms with Crippen molar-refractivity contribution in [2.45, 2.75) is 88.9 Å². The molecule has 0 radical (unpaired) electrons. The van der Waals surface area contributed by atoms with Gasteiger partial charge in [-0.25, -0.2) is 0 Å². The van der Waals surface area contributed by atoms with Crippen LogP contribution in [-0.2, 0) is 5.41 Å². The maximum Gasteiger partial charge on any atom is 0.0202 e. The van der Waals surface area contributed by atoms with Crippen LogP contribution in [0.4, 0.5) is 0 Å². The van der Waals surface area contributed by atoms with Gasteiger partial charge in [0.1, 0.15) is 0 Å².